The number of hydrogen-bond acceptors (Lipinski definition) is 3. The second-order valence-corrected chi connectivity index (χ2v) is 3.03. The third-order valence-corrected chi connectivity index (χ3v) is 2.10. The van der Waals surface area contributed by atoms with Gasteiger partial charge in [-0.25, -0.2) is 0 Å². The van der Waals surface area contributed by atoms with Crippen molar-refractivity contribution in [2.45, 2.75) is 0 Å². The van der Waals surface area contributed by atoms with Crippen molar-refractivity contribution in [2.24, 2.45) is 0 Å². The third kappa shape index (κ3) is 1.19. The van der Waals surface area contributed by atoms with Crippen molar-refractivity contribution >= 4 is 17.1 Å². The molecule has 0 saturated carbocycles. The maximum Gasteiger partial charge on any atom is 0.150 e. The van der Waals surface area contributed by atoms with Gasteiger partial charge in [0.1, 0.15) is 11.5 Å². The van der Waals surface area contributed by atoms with E-state index < -0.39 is 0 Å². The predicted octanol–water partition coefficient (Wildman–Crippen LogP) is 2.06. The summed E-state index contributed by atoms with van der Waals surface area (Å²) in [5.41, 5.74) is 0.417. The number of phenols is 2. The van der Waals surface area contributed by atoms with E-state index in [1.165, 1.54) is 12.1 Å². The molecule has 14 heavy (non-hydrogen) atoms. The summed E-state index contributed by atoms with van der Waals surface area (Å²) in [6.07, 6.45) is 0.680. The minimum absolute atomic E-state index is 0.0157. The zero-order chi connectivity index (χ0) is 10.1. The molecule has 0 atom stereocenters. The number of benzene rings is 2. The van der Waals surface area contributed by atoms with Gasteiger partial charge in [0.15, 0.2) is 6.29 Å². The molecule has 2 aromatic carbocycles. The van der Waals surface area contributed by atoms with Crippen LogP contribution in [0.2, 0.25) is 0 Å². The van der Waals surface area contributed by atoms with Gasteiger partial charge in [-0.2, -0.15) is 0 Å². The summed E-state index contributed by atoms with van der Waals surface area (Å²) in [4.78, 5) is 10.7. The van der Waals surface area contributed by atoms with Gasteiger partial charge in [0.05, 0.1) is 0 Å². The zero-order valence-electron chi connectivity index (χ0n) is 7.27. The zero-order valence-corrected chi connectivity index (χ0v) is 7.27. The maximum atomic E-state index is 10.7. The molecule has 0 aromatic heterocycles. The molecule has 0 saturated heterocycles. The summed E-state index contributed by atoms with van der Waals surface area (Å²) in [5, 5.41) is 19.9. The molecule has 0 aliphatic carbocycles. The Kier molecular flexibility index (Phi) is 1.85. The monoisotopic (exact) mass is 188 g/mol. The molecular formula is C11H8O3. The molecule has 0 spiro atoms. The molecule has 0 radical (unpaired) electrons. The minimum atomic E-state index is -0.0808. The Morgan fingerprint density at radius 3 is 2.64 bits per heavy atom. The van der Waals surface area contributed by atoms with Crippen molar-refractivity contribution < 1.29 is 15.0 Å². The standard InChI is InChI=1S/C11H8O3/c12-6-8-3-1-2-7-4-9(13)5-10(14)11(7)8/h1-6,13-14H. The fourth-order valence-electron chi connectivity index (χ4n) is 1.52. The van der Waals surface area contributed by atoms with Crippen LogP contribution in [0.4, 0.5) is 0 Å². The molecule has 0 aliphatic rings. The van der Waals surface area contributed by atoms with Crippen LogP contribution in [0.15, 0.2) is 30.3 Å². The quantitative estimate of drug-likeness (QED) is 0.673. The van der Waals surface area contributed by atoms with Gasteiger partial charge in [0, 0.05) is 17.0 Å². The molecule has 2 aromatic rings. The van der Waals surface area contributed by atoms with Gasteiger partial charge in [-0.15, -0.1) is 0 Å². The van der Waals surface area contributed by atoms with Crippen molar-refractivity contribution in [2.75, 3.05) is 0 Å². The van der Waals surface area contributed by atoms with Crippen LogP contribution in [-0.4, -0.2) is 16.5 Å². The lowest BCUT2D eigenvalue weighted by Gasteiger charge is -2.04. The smallest absolute Gasteiger partial charge is 0.150 e. The van der Waals surface area contributed by atoms with Gasteiger partial charge in [-0.3, -0.25) is 4.79 Å². The Morgan fingerprint density at radius 2 is 1.93 bits per heavy atom. The number of aldehydes is 1. The lowest BCUT2D eigenvalue weighted by molar-refractivity contribution is 0.112. The molecule has 2 rings (SSSR count). The average molecular weight is 188 g/mol. The molecule has 0 heterocycles. The van der Waals surface area contributed by atoms with Gasteiger partial charge >= 0.3 is 0 Å². The Morgan fingerprint density at radius 1 is 1.14 bits per heavy atom. The number of phenolic OH excluding ortho intramolecular Hbond substituents is 2. The molecule has 3 nitrogen and oxygen atoms in total. The van der Waals surface area contributed by atoms with Crippen LogP contribution in [0.3, 0.4) is 0 Å². The van der Waals surface area contributed by atoms with Crippen LogP contribution in [-0.2, 0) is 0 Å². The van der Waals surface area contributed by atoms with Crippen LogP contribution in [0.5, 0.6) is 11.5 Å². The van der Waals surface area contributed by atoms with E-state index in [0.717, 1.165) is 0 Å². The fraction of sp³-hybridized carbons (Fsp3) is 0. The molecule has 0 aliphatic heterocycles. The van der Waals surface area contributed by atoms with Gasteiger partial charge < -0.3 is 10.2 Å². The summed E-state index contributed by atoms with van der Waals surface area (Å²) in [5.74, 6) is -0.0965. The molecule has 0 fully saturated rings. The first kappa shape index (κ1) is 8.56. The first-order valence-corrected chi connectivity index (χ1v) is 4.12. The van der Waals surface area contributed by atoms with Crippen LogP contribution in [0.25, 0.3) is 10.8 Å². The Hall–Kier alpha value is -2.03. The van der Waals surface area contributed by atoms with Gasteiger partial charge in [-0.1, -0.05) is 18.2 Å². The number of rotatable bonds is 1. The van der Waals surface area contributed by atoms with Gasteiger partial charge in [-0.05, 0) is 11.5 Å². The summed E-state index contributed by atoms with van der Waals surface area (Å²) in [6, 6.07) is 7.76. The average Bonchev–Trinajstić information content (AvgIpc) is 2.16. The highest BCUT2D eigenvalue weighted by molar-refractivity contribution is 6.02. The van der Waals surface area contributed by atoms with E-state index in [1.54, 1.807) is 18.2 Å². The highest BCUT2D eigenvalue weighted by atomic mass is 16.3. The Balaban J connectivity index is 2.93. The molecule has 2 N–H and O–H groups in total. The molecular weight excluding hydrogens is 180 g/mol. The Bertz CT molecular complexity index is 503. The number of hydrogen-bond donors (Lipinski definition) is 2. The van der Waals surface area contributed by atoms with Crippen molar-refractivity contribution in [3.8, 4) is 11.5 Å². The number of aromatic hydroxyl groups is 2. The number of carbonyl (C=O) groups is 1. The molecule has 0 unspecified atom stereocenters. The van der Waals surface area contributed by atoms with Crippen LogP contribution in [0.1, 0.15) is 10.4 Å². The summed E-state index contributed by atoms with van der Waals surface area (Å²) < 4.78 is 0. The van der Waals surface area contributed by atoms with Crippen molar-refractivity contribution in [3.63, 3.8) is 0 Å². The van der Waals surface area contributed by atoms with E-state index in [4.69, 9.17) is 0 Å². The Labute approximate surface area is 80.2 Å². The topological polar surface area (TPSA) is 57.5 Å². The third-order valence-electron chi connectivity index (χ3n) is 2.10. The fourth-order valence-corrected chi connectivity index (χ4v) is 1.52. The highest BCUT2D eigenvalue weighted by Crippen LogP contribution is 2.31. The van der Waals surface area contributed by atoms with E-state index >= 15 is 0 Å². The first-order valence-electron chi connectivity index (χ1n) is 4.12. The molecule has 3 heteroatoms. The lowest BCUT2D eigenvalue weighted by atomic mass is 10.0. The number of fused-ring (bicyclic) bond motifs is 1. The van der Waals surface area contributed by atoms with E-state index in [0.29, 0.717) is 22.6 Å². The van der Waals surface area contributed by atoms with Crippen molar-refractivity contribution in [1.82, 2.24) is 0 Å². The molecule has 70 valence electrons. The normalized spacial score (nSPS) is 10.3. The van der Waals surface area contributed by atoms with Crippen LogP contribution < -0.4 is 0 Å². The molecule has 0 bridgehead atoms. The van der Waals surface area contributed by atoms with Gasteiger partial charge in [0.25, 0.3) is 0 Å². The second kappa shape index (κ2) is 3.03. The highest BCUT2D eigenvalue weighted by Gasteiger charge is 2.06. The second-order valence-electron chi connectivity index (χ2n) is 3.03. The predicted molar refractivity (Wildman–Crippen MR) is 52.7 cm³/mol. The van der Waals surface area contributed by atoms with E-state index in [9.17, 15) is 15.0 Å². The summed E-state index contributed by atoms with van der Waals surface area (Å²) in [7, 11) is 0. The van der Waals surface area contributed by atoms with Crippen LogP contribution >= 0.6 is 0 Å². The summed E-state index contributed by atoms with van der Waals surface area (Å²) in [6.45, 7) is 0. The summed E-state index contributed by atoms with van der Waals surface area (Å²) >= 11 is 0. The SMILES string of the molecule is O=Cc1cccc2cc(O)cc(O)c12. The van der Waals surface area contributed by atoms with Crippen molar-refractivity contribution in [3.05, 3.63) is 35.9 Å². The van der Waals surface area contributed by atoms with Crippen molar-refractivity contribution in [1.29, 1.82) is 0 Å². The van der Waals surface area contributed by atoms with E-state index in [2.05, 4.69) is 0 Å². The molecule has 0 amide bonds. The van der Waals surface area contributed by atoms with E-state index in [1.807, 2.05) is 0 Å². The minimum Gasteiger partial charge on any atom is -0.508 e. The van der Waals surface area contributed by atoms with E-state index in [-0.39, 0.29) is 11.5 Å². The van der Waals surface area contributed by atoms with Gasteiger partial charge in [0.2, 0.25) is 0 Å². The largest absolute Gasteiger partial charge is 0.508 e. The maximum absolute atomic E-state index is 10.7. The first-order chi connectivity index (χ1) is 6.72. The van der Waals surface area contributed by atoms with Crippen LogP contribution in [0, 0.1) is 0 Å². The number of carbonyl (C=O) groups excluding carboxylic acids is 1. The lowest BCUT2D eigenvalue weighted by Crippen LogP contribution is -1.83.